The zero-order valence-electron chi connectivity index (χ0n) is 12.0. The maximum atomic E-state index is 5.72. The first-order valence-corrected chi connectivity index (χ1v) is 7.82. The summed E-state index contributed by atoms with van der Waals surface area (Å²) in [6, 6.07) is 18.6. The summed E-state index contributed by atoms with van der Waals surface area (Å²) in [6.07, 6.45) is 0. The van der Waals surface area contributed by atoms with Crippen molar-refractivity contribution in [1.29, 1.82) is 0 Å². The lowest BCUT2D eigenvalue weighted by Gasteiger charge is -2.01. The number of aromatic nitrogens is 1. The number of hydrogen-bond acceptors (Lipinski definition) is 3. The van der Waals surface area contributed by atoms with Gasteiger partial charge in [-0.05, 0) is 12.5 Å². The van der Waals surface area contributed by atoms with Crippen molar-refractivity contribution in [2.45, 2.75) is 20.1 Å². The summed E-state index contributed by atoms with van der Waals surface area (Å²) >= 11 is 1.65. The Bertz CT molecular complexity index is 689. The molecule has 0 aliphatic carbocycles. The fourth-order valence-corrected chi connectivity index (χ4v) is 2.80. The van der Waals surface area contributed by atoms with Gasteiger partial charge in [-0.1, -0.05) is 60.2 Å². The Morgan fingerprint density at radius 1 is 0.952 bits per heavy atom. The van der Waals surface area contributed by atoms with Crippen LogP contribution in [0.4, 0.5) is 0 Å². The molecule has 0 N–H and O–H groups in total. The second kappa shape index (κ2) is 6.66. The van der Waals surface area contributed by atoms with Gasteiger partial charge in [0.15, 0.2) is 0 Å². The molecule has 0 saturated heterocycles. The van der Waals surface area contributed by atoms with Gasteiger partial charge < -0.3 is 4.74 Å². The van der Waals surface area contributed by atoms with E-state index in [4.69, 9.17) is 4.74 Å². The Morgan fingerprint density at radius 3 is 2.48 bits per heavy atom. The van der Waals surface area contributed by atoms with Gasteiger partial charge >= 0.3 is 0 Å². The second-order valence-corrected chi connectivity index (χ2v) is 5.91. The number of benzene rings is 2. The van der Waals surface area contributed by atoms with Gasteiger partial charge in [-0.25, -0.2) is 4.98 Å². The van der Waals surface area contributed by atoms with Crippen molar-refractivity contribution < 1.29 is 4.74 Å². The fraction of sp³-hybridized carbons (Fsp3) is 0.167. The first-order chi connectivity index (χ1) is 10.3. The molecule has 0 aliphatic rings. The lowest BCUT2D eigenvalue weighted by Crippen LogP contribution is -1.93. The summed E-state index contributed by atoms with van der Waals surface area (Å²) in [5, 5.41) is 3.10. The molecule has 0 saturated carbocycles. The van der Waals surface area contributed by atoms with Crippen molar-refractivity contribution >= 4 is 11.3 Å². The number of hydrogen-bond donors (Lipinski definition) is 0. The van der Waals surface area contributed by atoms with Crippen LogP contribution in [0.1, 0.15) is 16.1 Å². The van der Waals surface area contributed by atoms with Gasteiger partial charge in [0.05, 0.1) is 18.9 Å². The molecule has 0 fully saturated rings. The summed E-state index contributed by atoms with van der Waals surface area (Å²) in [5.41, 5.74) is 4.64. The predicted octanol–water partition coefficient (Wildman–Crippen LogP) is 4.84. The number of nitrogens with zero attached hydrogens (tertiary/aromatic N) is 1. The molecule has 0 unspecified atom stereocenters. The van der Waals surface area contributed by atoms with Crippen LogP contribution >= 0.6 is 11.3 Å². The molecule has 2 aromatic carbocycles. The molecule has 1 heterocycles. The smallest absolute Gasteiger partial charge is 0.119 e. The molecule has 1 aromatic heterocycles. The lowest BCUT2D eigenvalue weighted by molar-refractivity contribution is 0.107. The molecule has 0 aliphatic heterocycles. The van der Waals surface area contributed by atoms with Gasteiger partial charge in [0, 0.05) is 10.9 Å². The van der Waals surface area contributed by atoms with Crippen LogP contribution < -0.4 is 0 Å². The average molecular weight is 295 g/mol. The molecule has 0 bridgehead atoms. The second-order valence-electron chi connectivity index (χ2n) is 4.97. The van der Waals surface area contributed by atoms with E-state index in [2.05, 4.69) is 53.7 Å². The Balaban J connectivity index is 1.59. The third-order valence-corrected chi connectivity index (χ3v) is 4.06. The first kappa shape index (κ1) is 14.0. The Kier molecular flexibility index (Phi) is 4.43. The third kappa shape index (κ3) is 3.78. The normalized spacial score (nSPS) is 10.7. The number of aryl methyl sites for hydroxylation is 1. The summed E-state index contributed by atoms with van der Waals surface area (Å²) in [4.78, 5) is 4.63. The van der Waals surface area contributed by atoms with Crippen LogP contribution in [0.15, 0.2) is 60.0 Å². The first-order valence-electron chi connectivity index (χ1n) is 6.94. The largest absolute Gasteiger partial charge is 0.370 e. The van der Waals surface area contributed by atoms with E-state index in [1.54, 1.807) is 11.3 Å². The van der Waals surface area contributed by atoms with Gasteiger partial charge in [-0.15, -0.1) is 11.3 Å². The highest BCUT2D eigenvalue weighted by molar-refractivity contribution is 7.09. The highest BCUT2D eigenvalue weighted by Crippen LogP contribution is 2.22. The van der Waals surface area contributed by atoms with E-state index in [1.807, 2.05) is 18.2 Å². The lowest BCUT2D eigenvalue weighted by atomic mass is 10.1. The monoisotopic (exact) mass is 295 g/mol. The van der Waals surface area contributed by atoms with Crippen molar-refractivity contribution in [3.05, 3.63) is 76.1 Å². The molecule has 3 rings (SSSR count). The minimum atomic E-state index is 0.561. The van der Waals surface area contributed by atoms with Gasteiger partial charge in [0.2, 0.25) is 0 Å². The molecule has 3 heteroatoms. The number of thiazole rings is 1. The quantitative estimate of drug-likeness (QED) is 0.672. The predicted molar refractivity (Wildman–Crippen MR) is 87.2 cm³/mol. The van der Waals surface area contributed by atoms with Crippen LogP contribution in [0.25, 0.3) is 11.3 Å². The van der Waals surface area contributed by atoms with Crippen LogP contribution in [0.5, 0.6) is 0 Å². The maximum absolute atomic E-state index is 5.72. The van der Waals surface area contributed by atoms with Gasteiger partial charge in [0.1, 0.15) is 5.01 Å². The molecular weight excluding hydrogens is 278 g/mol. The SMILES string of the molecule is Cc1ccc(-c2csc(COCc3ccccc3)n2)cc1. The van der Waals surface area contributed by atoms with E-state index >= 15 is 0 Å². The summed E-state index contributed by atoms with van der Waals surface area (Å²) < 4.78 is 5.72. The molecule has 21 heavy (non-hydrogen) atoms. The standard InChI is InChI=1S/C18H17NOS/c1-14-7-9-16(10-8-14)17-13-21-18(19-17)12-20-11-15-5-3-2-4-6-15/h2-10,13H,11-12H2,1H3. The molecular formula is C18H17NOS. The van der Waals surface area contributed by atoms with E-state index in [9.17, 15) is 0 Å². The van der Waals surface area contributed by atoms with E-state index in [-0.39, 0.29) is 0 Å². The Morgan fingerprint density at radius 2 is 1.71 bits per heavy atom. The van der Waals surface area contributed by atoms with E-state index < -0.39 is 0 Å². The minimum absolute atomic E-state index is 0.561. The molecule has 0 spiro atoms. The van der Waals surface area contributed by atoms with Crippen LogP contribution in [0, 0.1) is 6.92 Å². The minimum Gasteiger partial charge on any atom is -0.370 e. The molecule has 106 valence electrons. The van der Waals surface area contributed by atoms with Gasteiger partial charge in [-0.2, -0.15) is 0 Å². The average Bonchev–Trinajstić information content (AvgIpc) is 2.98. The Labute approximate surface area is 129 Å². The highest BCUT2D eigenvalue weighted by atomic mass is 32.1. The van der Waals surface area contributed by atoms with E-state index in [1.165, 1.54) is 11.1 Å². The molecule has 0 atom stereocenters. The topological polar surface area (TPSA) is 22.1 Å². The zero-order valence-corrected chi connectivity index (χ0v) is 12.8. The third-order valence-electron chi connectivity index (χ3n) is 3.24. The van der Waals surface area contributed by atoms with Crippen LogP contribution in [0.3, 0.4) is 0 Å². The molecule has 3 aromatic rings. The van der Waals surface area contributed by atoms with Gasteiger partial charge in [-0.3, -0.25) is 0 Å². The van der Waals surface area contributed by atoms with Gasteiger partial charge in [0.25, 0.3) is 0 Å². The van der Waals surface area contributed by atoms with E-state index in [0.29, 0.717) is 13.2 Å². The number of ether oxygens (including phenoxy) is 1. The fourth-order valence-electron chi connectivity index (χ4n) is 2.06. The highest BCUT2D eigenvalue weighted by Gasteiger charge is 2.04. The van der Waals surface area contributed by atoms with Crippen LogP contribution in [0.2, 0.25) is 0 Å². The summed E-state index contributed by atoms with van der Waals surface area (Å²) in [6.45, 7) is 3.28. The summed E-state index contributed by atoms with van der Waals surface area (Å²) in [5.74, 6) is 0. The van der Waals surface area contributed by atoms with Crippen LogP contribution in [-0.4, -0.2) is 4.98 Å². The Hall–Kier alpha value is -1.97. The summed E-state index contributed by atoms with van der Waals surface area (Å²) in [7, 11) is 0. The van der Waals surface area contributed by atoms with Crippen molar-refractivity contribution in [2.24, 2.45) is 0 Å². The van der Waals surface area contributed by atoms with Crippen molar-refractivity contribution in [1.82, 2.24) is 4.98 Å². The molecule has 0 radical (unpaired) electrons. The van der Waals surface area contributed by atoms with Crippen LogP contribution in [-0.2, 0) is 18.0 Å². The van der Waals surface area contributed by atoms with Crippen molar-refractivity contribution in [3.8, 4) is 11.3 Å². The van der Waals surface area contributed by atoms with Crippen molar-refractivity contribution in [2.75, 3.05) is 0 Å². The van der Waals surface area contributed by atoms with Crippen molar-refractivity contribution in [3.63, 3.8) is 0 Å². The number of rotatable bonds is 5. The van der Waals surface area contributed by atoms with E-state index in [0.717, 1.165) is 16.3 Å². The molecule has 0 amide bonds. The zero-order chi connectivity index (χ0) is 14.5. The maximum Gasteiger partial charge on any atom is 0.119 e. The molecule has 2 nitrogen and oxygen atoms in total.